The van der Waals surface area contributed by atoms with E-state index in [0.29, 0.717) is 24.3 Å². The van der Waals surface area contributed by atoms with Gasteiger partial charge in [-0.3, -0.25) is 9.10 Å². The second kappa shape index (κ2) is 10.3. The zero-order valence-electron chi connectivity index (χ0n) is 19.7. The highest BCUT2D eigenvalue weighted by Gasteiger charge is 2.24. The van der Waals surface area contributed by atoms with Crippen molar-refractivity contribution < 1.29 is 13.2 Å². The van der Waals surface area contributed by atoms with Crippen LogP contribution in [0.3, 0.4) is 0 Å². The molecule has 0 unspecified atom stereocenters. The number of carbonyl (C=O) groups is 1. The van der Waals surface area contributed by atoms with E-state index < -0.39 is 10.0 Å². The number of para-hydroxylation sites is 2. The Morgan fingerprint density at radius 2 is 1.50 bits per heavy atom. The van der Waals surface area contributed by atoms with Gasteiger partial charge in [0.15, 0.2) is 0 Å². The maximum absolute atomic E-state index is 13.2. The molecule has 0 radical (unpaired) electrons. The molecule has 6 nitrogen and oxygen atoms in total. The molecule has 7 heteroatoms. The van der Waals surface area contributed by atoms with Crippen molar-refractivity contribution >= 4 is 27.3 Å². The molecule has 3 aromatic rings. The van der Waals surface area contributed by atoms with Crippen molar-refractivity contribution in [2.24, 2.45) is 0 Å². The molecule has 4 rings (SSSR count). The number of rotatable bonds is 8. The molecule has 0 bridgehead atoms. The van der Waals surface area contributed by atoms with Crippen molar-refractivity contribution in [3.8, 4) is 0 Å². The first-order chi connectivity index (χ1) is 16.4. The maximum atomic E-state index is 13.2. The molecule has 0 atom stereocenters. The summed E-state index contributed by atoms with van der Waals surface area (Å²) < 4.78 is 27.8. The minimum atomic E-state index is -3.73. The normalized spacial score (nSPS) is 13.6. The number of amides is 1. The van der Waals surface area contributed by atoms with E-state index in [0.717, 1.165) is 18.7 Å². The Kier molecular flexibility index (Phi) is 7.22. The van der Waals surface area contributed by atoms with Gasteiger partial charge in [0.2, 0.25) is 0 Å². The van der Waals surface area contributed by atoms with Crippen molar-refractivity contribution in [3.05, 3.63) is 90.0 Å². The van der Waals surface area contributed by atoms with Gasteiger partial charge in [-0.05, 0) is 67.8 Å². The Bertz CT molecular complexity index is 1220. The summed E-state index contributed by atoms with van der Waals surface area (Å²) in [6.45, 7) is 4.69. The van der Waals surface area contributed by atoms with E-state index in [4.69, 9.17) is 0 Å². The van der Waals surface area contributed by atoms with Gasteiger partial charge in [0, 0.05) is 44.5 Å². The molecular weight excluding hydrogens is 446 g/mol. The monoisotopic (exact) mass is 477 g/mol. The van der Waals surface area contributed by atoms with Gasteiger partial charge in [-0.1, -0.05) is 36.4 Å². The third kappa shape index (κ3) is 4.94. The Labute approximate surface area is 202 Å². The summed E-state index contributed by atoms with van der Waals surface area (Å²) in [5, 5.41) is 0. The summed E-state index contributed by atoms with van der Waals surface area (Å²) >= 11 is 0. The minimum Gasteiger partial charge on any atom is -0.371 e. The molecule has 1 amide bonds. The van der Waals surface area contributed by atoms with Crippen LogP contribution in [0.15, 0.2) is 83.8 Å². The van der Waals surface area contributed by atoms with Crippen LogP contribution in [0, 0.1) is 0 Å². The molecule has 0 aromatic heterocycles. The molecule has 34 heavy (non-hydrogen) atoms. The summed E-state index contributed by atoms with van der Waals surface area (Å²) in [5.41, 5.74) is 3.37. The van der Waals surface area contributed by atoms with Crippen LogP contribution in [-0.2, 0) is 16.6 Å². The minimum absolute atomic E-state index is 0.143. The molecule has 0 saturated carbocycles. The van der Waals surface area contributed by atoms with E-state index in [2.05, 4.69) is 17.0 Å². The zero-order chi connectivity index (χ0) is 24.1. The number of carbonyl (C=O) groups excluding carboxylic acids is 1. The van der Waals surface area contributed by atoms with Gasteiger partial charge in [-0.15, -0.1) is 0 Å². The lowest BCUT2D eigenvalue weighted by Crippen LogP contribution is -2.31. The second-order valence-corrected chi connectivity index (χ2v) is 10.4. The van der Waals surface area contributed by atoms with Gasteiger partial charge in [-0.25, -0.2) is 8.42 Å². The second-order valence-electron chi connectivity index (χ2n) is 8.51. The number of anilines is 2. The predicted octanol–water partition coefficient (Wildman–Crippen LogP) is 4.77. The van der Waals surface area contributed by atoms with Crippen LogP contribution in [-0.4, -0.2) is 45.9 Å². The third-order valence-corrected chi connectivity index (χ3v) is 8.13. The summed E-state index contributed by atoms with van der Waals surface area (Å²) in [6, 6.07) is 23.5. The fourth-order valence-corrected chi connectivity index (χ4v) is 5.91. The van der Waals surface area contributed by atoms with E-state index in [9.17, 15) is 13.2 Å². The number of nitrogens with zero attached hydrogens (tertiary/aromatic N) is 3. The van der Waals surface area contributed by atoms with Gasteiger partial charge < -0.3 is 9.80 Å². The number of hydrogen-bond acceptors (Lipinski definition) is 4. The molecule has 0 aliphatic carbocycles. The molecular formula is C27H31N3O3S. The fourth-order valence-electron chi connectivity index (χ4n) is 4.44. The van der Waals surface area contributed by atoms with Gasteiger partial charge in [-0.2, -0.15) is 0 Å². The smallest absolute Gasteiger partial charge is 0.264 e. The molecule has 1 saturated heterocycles. The summed E-state index contributed by atoms with van der Waals surface area (Å²) in [4.78, 5) is 17.3. The molecule has 1 aliphatic heterocycles. The van der Waals surface area contributed by atoms with Gasteiger partial charge in [0.05, 0.1) is 10.6 Å². The summed E-state index contributed by atoms with van der Waals surface area (Å²) in [6.07, 6.45) is 2.39. The van der Waals surface area contributed by atoms with Crippen molar-refractivity contribution in [1.82, 2.24) is 4.90 Å². The average molecular weight is 478 g/mol. The molecule has 1 aliphatic rings. The van der Waals surface area contributed by atoms with Crippen molar-refractivity contribution in [2.75, 3.05) is 35.9 Å². The van der Waals surface area contributed by atoms with Crippen molar-refractivity contribution in [1.29, 1.82) is 0 Å². The van der Waals surface area contributed by atoms with Crippen LogP contribution in [0.4, 0.5) is 11.4 Å². The Hall–Kier alpha value is -3.32. The Morgan fingerprint density at radius 1 is 0.882 bits per heavy atom. The fraction of sp³-hybridized carbons (Fsp3) is 0.296. The van der Waals surface area contributed by atoms with Crippen LogP contribution < -0.4 is 9.21 Å². The Balaban J connectivity index is 1.50. The highest BCUT2D eigenvalue weighted by atomic mass is 32.2. The van der Waals surface area contributed by atoms with Crippen LogP contribution in [0.1, 0.15) is 35.7 Å². The van der Waals surface area contributed by atoms with Crippen LogP contribution in [0.2, 0.25) is 0 Å². The highest BCUT2D eigenvalue weighted by Crippen LogP contribution is 2.26. The largest absolute Gasteiger partial charge is 0.371 e. The van der Waals surface area contributed by atoms with Crippen LogP contribution >= 0.6 is 0 Å². The lowest BCUT2D eigenvalue weighted by atomic mass is 10.1. The zero-order valence-corrected chi connectivity index (χ0v) is 20.5. The Morgan fingerprint density at radius 3 is 2.15 bits per heavy atom. The number of benzene rings is 3. The molecule has 0 N–H and O–H groups in total. The molecule has 1 fully saturated rings. The average Bonchev–Trinajstić information content (AvgIpc) is 3.40. The van der Waals surface area contributed by atoms with Crippen molar-refractivity contribution in [3.63, 3.8) is 0 Å². The lowest BCUT2D eigenvalue weighted by molar-refractivity contribution is 0.0785. The lowest BCUT2D eigenvalue weighted by Gasteiger charge is -2.25. The quantitative estimate of drug-likeness (QED) is 0.469. The van der Waals surface area contributed by atoms with Crippen molar-refractivity contribution in [2.45, 2.75) is 31.2 Å². The van der Waals surface area contributed by atoms with Crippen LogP contribution in [0.25, 0.3) is 0 Å². The molecule has 3 aromatic carbocycles. The third-order valence-electron chi connectivity index (χ3n) is 6.21. The van der Waals surface area contributed by atoms with E-state index >= 15 is 0 Å². The topological polar surface area (TPSA) is 60.9 Å². The standard InChI is InChI=1S/C27H31N3O3S/c1-3-30(24-12-5-4-6-13-24)34(32,33)25-17-15-22(16-18-25)27(31)28(2)21-23-11-7-8-14-26(23)29-19-9-10-20-29/h4-8,11-18H,3,9-10,19-21H2,1-2H3. The number of sulfonamides is 1. The predicted molar refractivity (Wildman–Crippen MR) is 137 cm³/mol. The first-order valence-corrected chi connectivity index (χ1v) is 13.1. The molecule has 1 heterocycles. The van der Waals surface area contributed by atoms with E-state index in [1.165, 1.54) is 35.0 Å². The highest BCUT2D eigenvalue weighted by molar-refractivity contribution is 7.92. The first-order valence-electron chi connectivity index (χ1n) is 11.7. The first kappa shape index (κ1) is 23.8. The molecule has 0 spiro atoms. The van der Waals surface area contributed by atoms with Gasteiger partial charge in [0.1, 0.15) is 0 Å². The van der Waals surface area contributed by atoms with Gasteiger partial charge in [0.25, 0.3) is 15.9 Å². The molecule has 178 valence electrons. The van der Waals surface area contributed by atoms with E-state index in [-0.39, 0.29) is 10.8 Å². The van der Waals surface area contributed by atoms with E-state index in [1.54, 1.807) is 43.1 Å². The van der Waals surface area contributed by atoms with E-state index in [1.807, 2.05) is 30.3 Å². The van der Waals surface area contributed by atoms with Gasteiger partial charge >= 0.3 is 0 Å². The number of hydrogen-bond donors (Lipinski definition) is 0. The summed E-state index contributed by atoms with van der Waals surface area (Å²) in [5.74, 6) is -0.143. The maximum Gasteiger partial charge on any atom is 0.264 e. The summed E-state index contributed by atoms with van der Waals surface area (Å²) in [7, 11) is -1.95. The van der Waals surface area contributed by atoms with Crippen LogP contribution in [0.5, 0.6) is 0 Å². The SMILES string of the molecule is CCN(c1ccccc1)S(=O)(=O)c1ccc(C(=O)N(C)Cc2ccccc2N2CCCC2)cc1.